The normalized spacial score (nSPS) is 10.9. The largest absolute Gasteiger partial charge is 0.441 e. The molecule has 0 spiro atoms. The molecule has 0 unspecified atom stereocenters. The lowest BCUT2D eigenvalue weighted by Gasteiger charge is -2.06. The molecule has 4 nitrogen and oxygen atoms in total. The minimum absolute atomic E-state index is 0.0900. The number of aryl methyl sites for hydroxylation is 3. The molecule has 0 aliphatic carbocycles. The van der Waals surface area contributed by atoms with E-state index in [2.05, 4.69) is 41.5 Å². The zero-order valence-corrected chi connectivity index (χ0v) is 14.1. The minimum atomic E-state index is 0.0900. The topological polar surface area (TPSA) is 55.1 Å². The molecule has 0 fully saturated rings. The number of fused-ring (bicyclic) bond motifs is 1. The third-order valence-electron chi connectivity index (χ3n) is 4.06. The first-order valence-electron chi connectivity index (χ1n) is 8.28. The van der Waals surface area contributed by atoms with Crippen molar-refractivity contribution in [3.63, 3.8) is 0 Å². The summed E-state index contributed by atoms with van der Waals surface area (Å²) in [4.78, 5) is 16.2. The SMILES string of the molecule is Cc1ccc(CCC(=O)NCCc2ccc3nc(C)oc3c2)cc1. The number of nitrogens with zero attached hydrogens (tertiary/aromatic N) is 1. The summed E-state index contributed by atoms with van der Waals surface area (Å²) >= 11 is 0. The van der Waals surface area contributed by atoms with Crippen LogP contribution in [0.25, 0.3) is 11.1 Å². The molecule has 24 heavy (non-hydrogen) atoms. The summed E-state index contributed by atoms with van der Waals surface area (Å²) in [5, 5.41) is 2.98. The van der Waals surface area contributed by atoms with E-state index in [1.54, 1.807) is 0 Å². The number of amides is 1. The van der Waals surface area contributed by atoms with Gasteiger partial charge in [-0.05, 0) is 43.0 Å². The fourth-order valence-corrected chi connectivity index (χ4v) is 2.69. The molecular formula is C20H22N2O2. The first-order chi connectivity index (χ1) is 11.6. The fourth-order valence-electron chi connectivity index (χ4n) is 2.69. The summed E-state index contributed by atoms with van der Waals surface area (Å²) in [6, 6.07) is 14.3. The van der Waals surface area contributed by atoms with E-state index in [1.165, 1.54) is 11.1 Å². The van der Waals surface area contributed by atoms with Gasteiger partial charge >= 0.3 is 0 Å². The van der Waals surface area contributed by atoms with Crippen LogP contribution in [0.15, 0.2) is 46.9 Å². The van der Waals surface area contributed by atoms with Crippen LogP contribution in [0.5, 0.6) is 0 Å². The van der Waals surface area contributed by atoms with Gasteiger partial charge in [0.25, 0.3) is 0 Å². The van der Waals surface area contributed by atoms with Crippen molar-refractivity contribution >= 4 is 17.0 Å². The highest BCUT2D eigenvalue weighted by Gasteiger charge is 2.05. The molecule has 0 bridgehead atoms. The Balaban J connectivity index is 1.44. The molecule has 4 heteroatoms. The average molecular weight is 322 g/mol. The number of carbonyl (C=O) groups is 1. The van der Waals surface area contributed by atoms with Gasteiger partial charge in [-0.1, -0.05) is 35.9 Å². The van der Waals surface area contributed by atoms with Crippen LogP contribution >= 0.6 is 0 Å². The number of nitrogens with one attached hydrogen (secondary N) is 1. The molecule has 1 aromatic heterocycles. The molecule has 0 saturated carbocycles. The van der Waals surface area contributed by atoms with Crippen molar-refractivity contribution in [1.82, 2.24) is 10.3 Å². The van der Waals surface area contributed by atoms with Gasteiger partial charge < -0.3 is 9.73 Å². The predicted molar refractivity (Wildman–Crippen MR) is 95.0 cm³/mol. The van der Waals surface area contributed by atoms with Crippen LogP contribution in [0.1, 0.15) is 29.0 Å². The standard InChI is InChI=1S/C20H22N2O2/c1-14-3-5-16(6-4-14)8-10-20(23)21-12-11-17-7-9-18-19(13-17)24-15(2)22-18/h3-7,9,13H,8,10-12H2,1-2H3,(H,21,23). The maximum Gasteiger partial charge on any atom is 0.220 e. The quantitative estimate of drug-likeness (QED) is 0.752. The Morgan fingerprint density at radius 3 is 2.58 bits per heavy atom. The molecule has 0 radical (unpaired) electrons. The van der Waals surface area contributed by atoms with E-state index < -0.39 is 0 Å². The van der Waals surface area contributed by atoms with E-state index in [4.69, 9.17) is 4.42 Å². The van der Waals surface area contributed by atoms with Gasteiger partial charge in [0, 0.05) is 19.9 Å². The van der Waals surface area contributed by atoms with Gasteiger partial charge in [-0.15, -0.1) is 0 Å². The van der Waals surface area contributed by atoms with Crippen LogP contribution in [0.3, 0.4) is 0 Å². The fraction of sp³-hybridized carbons (Fsp3) is 0.300. The number of carbonyl (C=O) groups excluding carboxylic acids is 1. The Bertz CT molecular complexity index is 834. The zero-order chi connectivity index (χ0) is 16.9. The van der Waals surface area contributed by atoms with Crippen molar-refractivity contribution in [2.24, 2.45) is 0 Å². The maximum absolute atomic E-state index is 11.9. The van der Waals surface area contributed by atoms with E-state index in [9.17, 15) is 4.79 Å². The van der Waals surface area contributed by atoms with Gasteiger partial charge in [-0.3, -0.25) is 4.79 Å². The molecule has 0 atom stereocenters. The Morgan fingerprint density at radius 2 is 1.79 bits per heavy atom. The number of aromatic nitrogens is 1. The molecule has 1 heterocycles. The summed E-state index contributed by atoms with van der Waals surface area (Å²) in [7, 11) is 0. The maximum atomic E-state index is 11.9. The third-order valence-corrected chi connectivity index (χ3v) is 4.06. The summed E-state index contributed by atoms with van der Waals surface area (Å²) in [5.41, 5.74) is 5.25. The monoisotopic (exact) mass is 322 g/mol. The van der Waals surface area contributed by atoms with E-state index in [0.717, 1.165) is 29.5 Å². The molecule has 0 saturated heterocycles. The third kappa shape index (κ3) is 4.22. The molecule has 3 aromatic rings. The van der Waals surface area contributed by atoms with Crippen molar-refractivity contribution in [2.45, 2.75) is 33.1 Å². The zero-order valence-electron chi connectivity index (χ0n) is 14.1. The molecule has 1 amide bonds. The Kier molecular flexibility index (Phi) is 4.94. The summed E-state index contributed by atoms with van der Waals surface area (Å²) in [5.74, 6) is 0.763. The predicted octanol–water partition coefficient (Wildman–Crippen LogP) is 3.74. The molecular weight excluding hydrogens is 300 g/mol. The van der Waals surface area contributed by atoms with Crippen molar-refractivity contribution < 1.29 is 9.21 Å². The van der Waals surface area contributed by atoms with Gasteiger partial charge in [0.05, 0.1) is 0 Å². The van der Waals surface area contributed by atoms with Gasteiger partial charge in [0.2, 0.25) is 5.91 Å². The second-order valence-corrected chi connectivity index (χ2v) is 6.12. The molecule has 124 valence electrons. The lowest BCUT2D eigenvalue weighted by Crippen LogP contribution is -2.25. The van der Waals surface area contributed by atoms with E-state index in [0.29, 0.717) is 18.9 Å². The molecule has 2 aromatic carbocycles. The van der Waals surface area contributed by atoms with Crippen molar-refractivity contribution in [3.8, 4) is 0 Å². The first-order valence-corrected chi connectivity index (χ1v) is 8.28. The van der Waals surface area contributed by atoms with Gasteiger partial charge in [0.15, 0.2) is 11.5 Å². The molecule has 0 aliphatic heterocycles. The minimum Gasteiger partial charge on any atom is -0.441 e. The highest BCUT2D eigenvalue weighted by molar-refractivity contribution is 5.76. The lowest BCUT2D eigenvalue weighted by atomic mass is 10.1. The average Bonchev–Trinajstić information content (AvgIpc) is 2.93. The Hall–Kier alpha value is -2.62. The van der Waals surface area contributed by atoms with Gasteiger partial charge in [0.1, 0.15) is 5.52 Å². The van der Waals surface area contributed by atoms with Crippen molar-refractivity contribution in [3.05, 3.63) is 65.0 Å². The molecule has 1 N–H and O–H groups in total. The van der Waals surface area contributed by atoms with Crippen LogP contribution in [-0.4, -0.2) is 17.4 Å². The number of hydrogen-bond acceptors (Lipinski definition) is 3. The Morgan fingerprint density at radius 1 is 1.04 bits per heavy atom. The smallest absolute Gasteiger partial charge is 0.220 e. The summed E-state index contributed by atoms with van der Waals surface area (Å²) < 4.78 is 5.53. The highest BCUT2D eigenvalue weighted by Crippen LogP contribution is 2.17. The van der Waals surface area contributed by atoms with Crippen LogP contribution in [0.2, 0.25) is 0 Å². The van der Waals surface area contributed by atoms with Crippen LogP contribution in [-0.2, 0) is 17.6 Å². The van der Waals surface area contributed by atoms with E-state index >= 15 is 0 Å². The number of rotatable bonds is 6. The van der Waals surface area contributed by atoms with Gasteiger partial charge in [-0.2, -0.15) is 0 Å². The second-order valence-electron chi connectivity index (χ2n) is 6.12. The summed E-state index contributed by atoms with van der Waals surface area (Å²) in [6.07, 6.45) is 2.07. The van der Waals surface area contributed by atoms with Crippen molar-refractivity contribution in [2.75, 3.05) is 6.54 Å². The van der Waals surface area contributed by atoms with E-state index in [1.807, 2.05) is 25.1 Å². The number of hydrogen-bond donors (Lipinski definition) is 1. The second kappa shape index (κ2) is 7.30. The van der Waals surface area contributed by atoms with Crippen LogP contribution < -0.4 is 5.32 Å². The number of benzene rings is 2. The van der Waals surface area contributed by atoms with Gasteiger partial charge in [-0.25, -0.2) is 4.98 Å². The number of oxazole rings is 1. The molecule has 3 rings (SSSR count). The van der Waals surface area contributed by atoms with Crippen molar-refractivity contribution in [1.29, 1.82) is 0 Å². The van der Waals surface area contributed by atoms with Crippen LogP contribution in [0, 0.1) is 13.8 Å². The van der Waals surface area contributed by atoms with E-state index in [-0.39, 0.29) is 5.91 Å². The lowest BCUT2D eigenvalue weighted by molar-refractivity contribution is -0.121. The Labute approximate surface area is 141 Å². The first kappa shape index (κ1) is 16.2. The highest BCUT2D eigenvalue weighted by atomic mass is 16.3. The molecule has 0 aliphatic rings. The summed E-state index contributed by atoms with van der Waals surface area (Å²) in [6.45, 7) is 4.53. The van der Waals surface area contributed by atoms with Crippen LogP contribution in [0.4, 0.5) is 0 Å².